The van der Waals surface area contributed by atoms with Crippen LogP contribution < -0.4 is 14.9 Å². The summed E-state index contributed by atoms with van der Waals surface area (Å²) in [5, 5.41) is 13.1. The third kappa shape index (κ3) is 10.1. The zero-order valence-electron chi connectivity index (χ0n) is 30.3. The van der Waals surface area contributed by atoms with Crippen molar-refractivity contribution in [3.05, 3.63) is 124 Å². The van der Waals surface area contributed by atoms with Gasteiger partial charge in [-0.3, -0.25) is 9.52 Å². The number of sulfonamides is 1. The molecule has 0 bridgehead atoms. The molecule has 5 rings (SSSR count). The minimum Gasteiger partial charge on any atom is -0.507 e. The highest BCUT2D eigenvalue weighted by molar-refractivity contribution is 7.92. The predicted molar refractivity (Wildman–Crippen MR) is 201 cm³/mol. The Morgan fingerprint density at radius 1 is 0.981 bits per heavy atom. The van der Waals surface area contributed by atoms with Gasteiger partial charge in [0.2, 0.25) is 10.0 Å². The molecule has 1 unspecified atom stereocenters. The lowest BCUT2D eigenvalue weighted by Gasteiger charge is -2.47. The Morgan fingerprint density at radius 3 is 2.32 bits per heavy atom. The average molecular weight is 755 g/mol. The number of likely N-dealkylation sites (N-methyl/N-ethyl adjacent to an activating group) is 1. The van der Waals surface area contributed by atoms with Crippen LogP contribution in [0.25, 0.3) is 0 Å². The largest absolute Gasteiger partial charge is 0.507 e. The van der Waals surface area contributed by atoms with Gasteiger partial charge in [-0.05, 0) is 118 Å². The molecule has 53 heavy (non-hydrogen) atoms. The van der Waals surface area contributed by atoms with Crippen molar-refractivity contribution in [3.8, 4) is 5.75 Å². The molecule has 0 aromatic heterocycles. The van der Waals surface area contributed by atoms with Crippen LogP contribution in [0, 0.1) is 12.7 Å². The van der Waals surface area contributed by atoms with Gasteiger partial charge in [-0.25, -0.2) is 12.8 Å². The van der Waals surface area contributed by atoms with Gasteiger partial charge >= 0.3 is 6.18 Å². The van der Waals surface area contributed by atoms with E-state index in [4.69, 9.17) is 0 Å². The van der Waals surface area contributed by atoms with E-state index in [1.54, 1.807) is 37.3 Å². The number of hydrogen-bond donors (Lipinski definition) is 3. The van der Waals surface area contributed by atoms with E-state index >= 15 is 0 Å². The number of hydrogen-bond acceptors (Lipinski definition) is 6. The molecule has 0 saturated carbocycles. The highest BCUT2D eigenvalue weighted by Crippen LogP contribution is 2.39. The molecule has 1 heterocycles. The molecule has 3 N–H and O–H groups in total. The van der Waals surface area contributed by atoms with E-state index in [1.807, 2.05) is 31.1 Å². The first-order chi connectivity index (χ1) is 24.9. The number of amides is 1. The number of aromatic hydroxyl groups is 1. The van der Waals surface area contributed by atoms with E-state index in [-0.39, 0.29) is 35.1 Å². The molecule has 1 aliphatic heterocycles. The number of alkyl halides is 3. The summed E-state index contributed by atoms with van der Waals surface area (Å²) in [5.41, 5.74) is 3.03. The summed E-state index contributed by atoms with van der Waals surface area (Å²) in [6.07, 6.45) is -0.748. The van der Waals surface area contributed by atoms with Gasteiger partial charge in [0, 0.05) is 36.8 Å². The van der Waals surface area contributed by atoms with Crippen LogP contribution in [-0.4, -0.2) is 69.9 Å². The van der Waals surface area contributed by atoms with Crippen molar-refractivity contribution in [1.29, 1.82) is 0 Å². The number of rotatable bonds is 13. The van der Waals surface area contributed by atoms with Crippen molar-refractivity contribution in [1.82, 2.24) is 10.2 Å². The molecule has 4 aromatic rings. The summed E-state index contributed by atoms with van der Waals surface area (Å²) >= 11 is 0. The Morgan fingerprint density at radius 2 is 1.70 bits per heavy atom. The number of phenols is 1. The Bertz CT molecular complexity index is 2030. The van der Waals surface area contributed by atoms with Crippen molar-refractivity contribution in [2.24, 2.45) is 0 Å². The van der Waals surface area contributed by atoms with Gasteiger partial charge in [0.05, 0.1) is 23.1 Å². The lowest BCUT2D eigenvalue weighted by Crippen LogP contribution is -2.54. The first-order valence-corrected chi connectivity index (χ1v) is 19.3. The van der Waals surface area contributed by atoms with E-state index in [0.29, 0.717) is 62.1 Å². The second-order valence-corrected chi connectivity index (χ2v) is 15.9. The fraction of sp³-hybridized carbons (Fsp3) is 0.375. The van der Waals surface area contributed by atoms with Gasteiger partial charge in [0.1, 0.15) is 11.6 Å². The maximum atomic E-state index is 14.1. The quantitative estimate of drug-likeness (QED) is 0.122. The number of carbonyl (C=O) groups is 1. The Hall–Kier alpha value is -4.62. The van der Waals surface area contributed by atoms with Crippen molar-refractivity contribution >= 4 is 27.3 Å². The molecule has 1 saturated heterocycles. The molecule has 1 amide bonds. The fourth-order valence-corrected chi connectivity index (χ4v) is 7.80. The van der Waals surface area contributed by atoms with Crippen LogP contribution in [0.4, 0.5) is 28.9 Å². The van der Waals surface area contributed by atoms with Crippen LogP contribution >= 0.6 is 0 Å². The first-order valence-electron chi connectivity index (χ1n) is 17.5. The topological polar surface area (TPSA) is 102 Å². The summed E-state index contributed by atoms with van der Waals surface area (Å²) in [7, 11) is 0.433. The van der Waals surface area contributed by atoms with Gasteiger partial charge in [-0.15, -0.1) is 0 Å². The molecule has 0 radical (unpaired) electrons. The second-order valence-electron chi connectivity index (χ2n) is 14.2. The number of anilines is 2. The highest BCUT2D eigenvalue weighted by Gasteiger charge is 2.38. The standard InChI is InChI=1S/C40H46F4N4O4S/c1-27-22-30(15-17-35(27)46-53(4,51)52)31(26-45-38(50)34-10-5-6-11-37(34)49)13-12-29-14-16-32(40(42,43)44)24-36(29)48-20-18-39(19-21-48,47(2)3)25-28-8-7-9-33(41)23-28/h5-11,14-17,22-24,31,46,49H,12-13,18-21,25-26H2,1-4H3,(H,45,50). The van der Waals surface area contributed by atoms with E-state index in [9.17, 15) is 35.9 Å². The maximum Gasteiger partial charge on any atom is 0.416 e. The molecule has 0 spiro atoms. The number of benzene rings is 4. The minimum absolute atomic E-state index is 0.108. The van der Waals surface area contributed by atoms with E-state index in [0.717, 1.165) is 29.0 Å². The normalized spacial score (nSPS) is 15.3. The van der Waals surface area contributed by atoms with Crippen LogP contribution in [-0.2, 0) is 29.0 Å². The molecule has 1 fully saturated rings. The lowest BCUT2D eigenvalue weighted by atomic mass is 9.80. The van der Waals surface area contributed by atoms with E-state index in [2.05, 4.69) is 14.9 Å². The number of piperidine rings is 1. The van der Waals surface area contributed by atoms with Crippen LogP contribution in [0.2, 0.25) is 0 Å². The van der Waals surface area contributed by atoms with Crippen molar-refractivity contribution in [2.75, 3.05) is 49.6 Å². The average Bonchev–Trinajstić information content (AvgIpc) is 3.08. The van der Waals surface area contributed by atoms with Crippen LogP contribution in [0.5, 0.6) is 5.75 Å². The molecular weight excluding hydrogens is 709 g/mol. The van der Waals surface area contributed by atoms with Crippen molar-refractivity contribution in [2.45, 2.75) is 56.7 Å². The first kappa shape index (κ1) is 39.6. The number of halogens is 4. The molecule has 4 aromatic carbocycles. The SMILES string of the molecule is Cc1cc(C(CCc2ccc(C(F)(F)F)cc2N2CCC(Cc3cccc(F)c3)(N(C)C)CC2)CNC(=O)c2ccccc2O)ccc1NS(C)(=O)=O. The van der Waals surface area contributed by atoms with E-state index < -0.39 is 27.7 Å². The van der Waals surface area contributed by atoms with Crippen LogP contribution in [0.15, 0.2) is 84.9 Å². The summed E-state index contributed by atoms with van der Waals surface area (Å²) in [6, 6.07) is 21.8. The third-order valence-electron chi connectivity index (χ3n) is 10.3. The fourth-order valence-electron chi connectivity index (χ4n) is 7.17. The Kier molecular flexibility index (Phi) is 12.1. The van der Waals surface area contributed by atoms with Crippen LogP contribution in [0.1, 0.15) is 63.4 Å². The van der Waals surface area contributed by atoms with Crippen LogP contribution in [0.3, 0.4) is 0 Å². The molecule has 0 aliphatic carbocycles. The smallest absolute Gasteiger partial charge is 0.416 e. The van der Waals surface area contributed by atoms with Gasteiger partial charge in [0.15, 0.2) is 0 Å². The predicted octanol–water partition coefficient (Wildman–Crippen LogP) is 7.52. The van der Waals surface area contributed by atoms with Gasteiger partial charge in [-0.2, -0.15) is 13.2 Å². The number of nitrogens with one attached hydrogen (secondary N) is 2. The third-order valence-corrected chi connectivity index (χ3v) is 10.8. The number of nitrogens with zero attached hydrogens (tertiary/aromatic N) is 2. The molecule has 1 atom stereocenters. The zero-order valence-corrected chi connectivity index (χ0v) is 31.1. The van der Waals surface area contributed by atoms with Gasteiger partial charge in [-0.1, -0.05) is 42.5 Å². The Balaban J connectivity index is 1.42. The van der Waals surface area contributed by atoms with E-state index in [1.165, 1.54) is 36.4 Å². The zero-order chi connectivity index (χ0) is 38.6. The van der Waals surface area contributed by atoms with Gasteiger partial charge < -0.3 is 20.2 Å². The van der Waals surface area contributed by atoms with Crippen molar-refractivity contribution in [3.63, 3.8) is 0 Å². The molecule has 284 valence electrons. The minimum atomic E-state index is -4.54. The highest BCUT2D eigenvalue weighted by atomic mass is 32.2. The second kappa shape index (κ2) is 16.2. The number of carbonyl (C=O) groups excluding carboxylic acids is 1. The summed E-state index contributed by atoms with van der Waals surface area (Å²) < 4.78 is 82.6. The molecule has 8 nitrogen and oxygen atoms in total. The number of phenolic OH excluding ortho intramolecular Hbond substituents is 1. The number of para-hydroxylation sites is 1. The monoisotopic (exact) mass is 754 g/mol. The molecule has 1 aliphatic rings. The molecule has 13 heteroatoms. The van der Waals surface area contributed by atoms with Crippen molar-refractivity contribution < 1.29 is 35.9 Å². The maximum absolute atomic E-state index is 14.1. The summed E-state index contributed by atoms with van der Waals surface area (Å²) in [6.45, 7) is 2.91. The summed E-state index contributed by atoms with van der Waals surface area (Å²) in [4.78, 5) is 17.2. The Labute approximate surface area is 308 Å². The number of aryl methyl sites for hydroxylation is 2. The molecular formula is C40H46F4N4O4S. The van der Waals surface area contributed by atoms with Gasteiger partial charge in [0.25, 0.3) is 5.91 Å². The lowest BCUT2D eigenvalue weighted by molar-refractivity contribution is -0.137. The summed E-state index contributed by atoms with van der Waals surface area (Å²) in [5.74, 6) is -1.28.